The standard InChI is InChI=1S/C11H11N3O3S/c1-13-4-6(3-12-13)2-7-9(15)14-8(11(16)17)5-18-10(7)14/h2-4,8,10H,5H2,1H3,(H,16,17)/b7-2+. The van der Waals surface area contributed by atoms with Crippen molar-refractivity contribution in [3.63, 3.8) is 0 Å². The SMILES string of the molecule is Cn1cc(/C=C2\C(=O)N3C(C(=O)O)CSC23)cn1. The molecule has 3 heterocycles. The van der Waals surface area contributed by atoms with Crippen molar-refractivity contribution in [1.29, 1.82) is 0 Å². The van der Waals surface area contributed by atoms with Crippen molar-refractivity contribution in [1.82, 2.24) is 14.7 Å². The van der Waals surface area contributed by atoms with E-state index in [1.165, 1.54) is 16.7 Å². The summed E-state index contributed by atoms with van der Waals surface area (Å²) in [7, 11) is 1.81. The Morgan fingerprint density at radius 2 is 2.44 bits per heavy atom. The molecular formula is C11H11N3O3S. The number of thioether (sulfide) groups is 1. The Morgan fingerprint density at radius 1 is 1.67 bits per heavy atom. The molecule has 0 spiro atoms. The smallest absolute Gasteiger partial charge is 0.327 e. The average Bonchev–Trinajstić information content (AvgIpc) is 2.89. The molecular weight excluding hydrogens is 254 g/mol. The monoisotopic (exact) mass is 265 g/mol. The van der Waals surface area contributed by atoms with E-state index in [1.54, 1.807) is 17.0 Å². The molecule has 2 unspecified atom stereocenters. The highest BCUT2D eigenvalue weighted by molar-refractivity contribution is 8.00. The molecule has 1 amide bonds. The van der Waals surface area contributed by atoms with Gasteiger partial charge in [-0.25, -0.2) is 4.79 Å². The molecule has 0 aliphatic carbocycles. The van der Waals surface area contributed by atoms with Gasteiger partial charge in [0, 0.05) is 24.6 Å². The maximum atomic E-state index is 11.9. The summed E-state index contributed by atoms with van der Waals surface area (Å²) in [5, 5.41) is 12.9. The van der Waals surface area contributed by atoms with Gasteiger partial charge in [0.05, 0.1) is 11.8 Å². The van der Waals surface area contributed by atoms with Crippen LogP contribution in [0.3, 0.4) is 0 Å². The van der Waals surface area contributed by atoms with Crippen LogP contribution in [0.1, 0.15) is 5.56 Å². The quantitative estimate of drug-likeness (QED) is 0.609. The van der Waals surface area contributed by atoms with E-state index < -0.39 is 12.0 Å². The van der Waals surface area contributed by atoms with Crippen LogP contribution < -0.4 is 0 Å². The number of β-lactam (4-membered cyclic amide) rings is 1. The summed E-state index contributed by atoms with van der Waals surface area (Å²) in [5.41, 5.74) is 1.52. The summed E-state index contributed by atoms with van der Waals surface area (Å²) < 4.78 is 1.66. The molecule has 0 radical (unpaired) electrons. The van der Waals surface area contributed by atoms with Crippen molar-refractivity contribution in [2.45, 2.75) is 11.4 Å². The van der Waals surface area contributed by atoms with Crippen LogP contribution in [0.4, 0.5) is 0 Å². The van der Waals surface area contributed by atoms with Gasteiger partial charge in [-0.3, -0.25) is 9.48 Å². The fourth-order valence-electron chi connectivity index (χ4n) is 2.20. The number of carbonyl (C=O) groups excluding carboxylic acids is 1. The van der Waals surface area contributed by atoms with Gasteiger partial charge >= 0.3 is 5.97 Å². The van der Waals surface area contributed by atoms with Gasteiger partial charge in [0.2, 0.25) is 0 Å². The van der Waals surface area contributed by atoms with Crippen LogP contribution in [-0.4, -0.2) is 48.8 Å². The zero-order valence-electron chi connectivity index (χ0n) is 9.61. The minimum absolute atomic E-state index is 0.112. The normalized spacial score (nSPS) is 28.4. The number of aliphatic carboxylic acids is 1. The lowest BCUT2D eigenvalue weighted by molar-refractivity contribution is -0.150. The van der Waals surface area contributed by atoms with E-state index in [9.17, 15) is 9.59 Å². The van der Waals surface area contributed by atoms with Gasteiger partial charge < -0.3 is 10.0 Å². The number of fused-ring (bicyclic) bond motifs is 1. The van der Waals surface area contributed by atoms with Crippen LogP contribution in [0.5, 0.6) is 0 Å². The zero-order valence-corrected chi connectivity index (χ0v) is 10.4. The lowest BCUT2D eigenvalue weighted by atomic mass is 10.0. The first-order valence-electron chi connectivity index (χ1n) is 5.45. The molecule has 0 saturated carbocycles. The first-order chi connectivity index (χ1) is 8.58. The topological polar surface area (TPSA) is 75.4 Å². The van der Waals surface area contributed by atoms with Crippen molar-refractivity contribution in [2.75, 3.05) is 5.75 Å². The summed E-state index contributed by atoms with van der Waals surface area (Å²) in [6.07, 6.45) is 5.28. The molecule has 2 aliphatic rings. The molecule has 2 saturated heterocycles. The van der Waals surface area contributed by atoms with Gasteiger partial charge in [-0.1, -0.05) is 0 Å². The van der Waals surface area contributed by atoms with Gasteiger partial charge in [-0.15, -0.1) is 11.8 Å². The van der Waals surface area contributed by atoms with E-state index in [-0.39, 0.29) is 11.3 Å². The second-order valence-corrected chi connectivity index (χ2v) is 5.41. The number of amides is 1. The molecule has 7 heteroatoms. The van der Waals surface area contributed by atoms with Crippen molar-refractivity contribution in [3.8, 4) is 0 Å². The van der Waals surface area contributed by atoms with E-state index in [0.717, 1.165) is 5.56 Å². The number of hydrogen-bond donors (Lipinski definition) is 1. The first kappa shape index (κ1) is 11.3. The highest BCUT2D eigenvalue weighted by Crippen LogP contribution is 2.43. The van der Waals surface area contributed by atoms with Gasteiger partial charge in [0.15, 0.2) is 0 Å². The molecule has 1 aromatic rings. The van der Waals surface area contributed by atoms with Crippen LogP contribution in [0.15, 0.2) is 18.0 Å². The van der Waals surface area contributed by atoms with Crippen molar-refractivity contribution in [3.05, 3.63) is 23.5 Å². The highest BCUT2D eigenvalue weighted by Gasteiger charge is 2.53. The third-order valence-electron chi connectivity index (χ3n) is 3.08. The largest absolute Gasteiger partial charge is 0.480 e. The summed E-state index contributed by atoms with van der Waals surface area (Å²) in [6, 6.07) is -0.682. The van der Waals surface area contributed by atoms with Crippen LogP contribution >= 0.6 is 11.8 Å². The fourth-order valence-corrected chi connectivity index (χ4v) is 3.62. The number of aromatic nitrogens is 2. The average molecular weight is 265 g/mol. The number of carboxylic acids is 1. The Hall–Kier alpha value is -1.76. The Labute approximate surface area is 107 Å². The van der Waals surface area contributed by atoms with Gasteiger partial charge in [0.25, 0.3) is 5.91 Å². The lowest BCUT2D eigenvalue weighted by Gasteiger charge is -2.38. The van der Waals surface area contributed by atoms with Gasteiger partial charge in [0.1, 0.15) is 11.4 Å². The number of nitrogens with zero attached hydrogens (tertiary/aromatic N) is 3. The Morgan fingerprint density at radius 3 is 3.06 bits per heavy atom. The number of carboxylic acid groups (broad SMARTS) is 1. The summed E-state index contributed by atoms with van der Waals surface area (Å²) in [6.45, 7) is 0. The number of rotatable bonds is 2. The molecule has 2 fully saturated rings. The van der Waals surface area contributed by atoms with Crippen molar-refractivity contribution < 1.29 is 14.7 Å². The third-order valence-corrected chi connectivity index (χ3v) is 4.38. The summed E-state index contributed by atoms with van der Waals surface area (Å²) >= 11 is 1.50. The first-order valence-corrected chi connectivity index (χ1v) is 6.50. The van der Waals surface area contributed by atoms with E-state index in [0.29, 0.717) is 11.3 Å². The Kier molecular flexibility index (Phi) is 2.44. The molecule has 2 aliphatic heterocycles. The van der Waals surface area contributed by atoms with Gasteiger partial charge in [-0.2, -0.15) is 5.10 Å². The maximum absolute atomic E-state index is 11.9. The third kappa shape index (κ3) is 1.54. The minimum atomic E-state index is -0.932. The van der Waals surface area contributed by atoms with Crippen molar-refractivity contribution >= 4 is 29.7 Å². The molecule has 0 bridgehead atoms. The van der Waals surface area contributed by atoms with Crippen LogP contribution in [0.2, 0.25) is 0 Å². The number of hydrogen-bond acceptors (Lipinski definition) is 4. The second-order valence-electron chi connectivity index (χ2n) is 4.30. The second kappa shape index (κ2) is 3.88. The molecule has 94 valence electrons. The molecule has 3 rings (SSSR count). The van der Waals surface area contributed by atoms with E-state index in [2.05, 4.69) is 5.10 Å². The van der Waals surface area contributed by atoms with E-state index in [4.69, 9.17) is 5.11 Å². The molecule has 18 heavy (non-hydrogen) atoms. The minimum Gasteiger partial charge on any atom is -0.480 e. The van der Waals surface area contributed by atoms with E-state index in [1.807, 2.05) is 13.2 Å². The summed E-state index contributed by atoms with van der Waals surface area (Å²) in [5.74, 6) is -0.657. The predicted molar refractivity (Wildman–Crippen MR) is 65.7 cm³/mol. The van der Waals surface area contributed by atoms with Crippen molar-refractivity contribution in [2.24, 2.45) is 7.05 Å². The zero-order chi connectivity index (χ0) is 12.9. The molecule has 6 nitrogen and oxygen atoms in total. The molecule has 2 atom stereocenters. The summed E-state index contributed by atoms with van der Waals surface area (Å²) in [4.78, 5) is 24.3. The maximum Gasteiger partial charge on any atom is 0.327 e. The number of carbonyl (C=O) groups is 2. The fraction of sp³-hybridized carbons (Fsp3) is 0.364. The van der Waals surface area contributed by atoms with Gasteiger partial charge in [-0.05, 0) is 6.08 Å². The lowest BCUT2D eigenvalue weighted by Crippen LogP contribution is -2.56. The van der Waals surface area contributed by atoms with Crippen LogP contribution in [0, 0.1) is 0 Å². The van der Waals surface area contributed by atoms with Crippen LogP contribution in [-0.2, 0) is 16.6 Å². The Bertz CT molecular complexity index is 566. The molecule has 1 N–H and O–H groups in total. The Balaban J connectivity index is 1.84. The van der Waals surface area contributed by atoms with Crippen LogP contribution in [0.25, 0.3) is 6.08 Å². The predicted octanol–water partition coefficient (Wildman–Crippen LogP) is 0.172. The molecule has 1 aromatic heterocycles. The highest BCUT2D eigenvalue weighted by atomic mass is 32.2. The van der Waals surface area contributed by atoms with E-state index >= 15 is 0 Å². The number of aryl methyl sites for hydroxylation is 1. The molecule has 0 aromatic carbocycles.